The second kappa shape index (κ2) is 9.13. The Morgan fingerprint density at radius 3 is 2.34 bits per heavy atom. The molecule has 1 aliphatic heterocycles. The van der Waals surface area contributed by atoms with Gasteiger partial charge in [0.15, 0.2) is 9.84 Å². The number of carbonyl (C=O) groups excluding carboxylic acids is 1. The van der Waals surface area contributed by atoms with Crippen LogP contribution in [0.4, 0.5) is 0 Å². The van der Waals surface area contributed by atoms with E-state index in [1.165, 1.54) is 0 Å². The van der Waals surface area contributed by atoms with Gasteiger partial charge in [0.2, 0.25) is 0 Å². The third-order valence-corrected chi connectivity index (χ3v) is 6.64. The Balaban J connectivity index is 1.83. The van der Waals surface area contributed by atoms with Crippen LogP contribution in [0.15, 0.2) is 61.2 Å². The molecule has 0 aromatic heterocycles. The van der Waals surface area contributed by atoms with Gasteiger partial charge in [0.25, 0.3) is 5.91 Å². The molecule has 3 rings (SSSR count). The van der Waals surface area contributed by atoms with Gasteiger partial charge in [0.05, 0.1) is 18.6 Å². The number of carbonyl (C=O) groups is 1. The summed E-state index contributed by atoms with van der Waals surface area (Å²) >= 11 is 0. The average molecular weight is 416 g/mol. The van der Waals surface area contributed by atoms with E-state index in [-0.39, 0.29) is 23.5 Å². The van der Waals surface area contributed by atoms with Crippen molar-refractivity contribution in [2.75, 3.05) is 25.2 Å². The zero-order chi connectivity index (χ0) is 20.9. The predicted molar refractivity (Wildman–Crippen MR) is 112 cm³/mol. The van der Waals surface area contributed by atoms with Gasteiger partial charge >= 0.3 is 0 Å². The van der Waals surface area contributed by atoms with Gasteiger partial charge in [-0.25, -0.2) is 8.42 Å². The Bertz CT molecular complexity index is 952. The molecule has 0 radical (unpaired) electrons. The van der Waals surface area contributed by atoms with Crippen molar-refractivity contribution in [3.8, 4) is 11.5 Å². The minimum absolute atomic E-state index is 0.00454. The number of nitrogens with zero attached hydrogens (tertiary/aromatic N) is 1. The SMILES string of the molecule is C=CCOc1ccc(C(=O)N(Cc2ccc(OC)cc2)[C@@H]2CCS(=O)(=O)C2)cc1. The fourth-order valence-corrected chi connectivity index (χ4v) is 5.06. The van der Waals surface area contributed by atoms with Crippen LogP contribution >= 0.6 is 0 Å². The Labute approximate surface area is 171 Å². The molecule has 1 aliphatic rings. The summed E-state index contributed by atoms with van der Waals surface area (Å²) < 4.78 is 34.7. The number of sulfone groups is 1. The molecule has 0 aliphatic carbocycles. The number of rotatable bonds is 8. The Kier molecular flexibility index (Phi) is 6.59. The maximum absolute atomic E-state index is 13.2. The second-order valence-corrected chi connectivity index (χ2v) is 9.19. The van der Waals surface area contributed by atoms with E-state index >= 15 is 0 Å². The van der Waals surface area contributed by atoms with Gasteiger partial charge in [0, 0.05) is 18.2 Å². The molecule has 7 heteroatoms. The summed E-state index contributed by atoms with van der Waals surface area (Å²) in [6.07, 6.45) is 2.10. The summed E-state index contributed by atoms with van der Waals surface area (Å²) in [6, 6.07) is 13.9. The highest BCUT2D eigenvalue weighted by molar-refractivity contribution is 7.91. The lowest BCUT2D eigenvalue weighted by molar-refractivity contribution is 0.0681. The standard InChI is InChI=1S/C22H25NO5S/c1-3-13-28-21-10-6-18(7-11-21)22(24)23(19-12-14-29(25,26)16-19)15-17-4-8-20(27-2)9-5-17/h3-11,19H,1,12-16H2,2H3/t19-/m1/s1. The van der Waals surface area contributed by atoms with Gasteiger partial charge in [-0.15, -0.1) is 0 Å². The molecule has 2 aromatic rings. The fraction of sp³-hybridized carbons (Fsp3) is 0.318. The first-order chi connectivity index (χ1) is 13.9. The lowest BCUT2D eigenvalue weighted by Crippen LogP contribution is -2.40. The molecule has 6 nitrogen and oxygen atoms in total. The zero-order valence-electron chi connectivity index (χ0n) is 16.4. The quantitative estimate of drug-likeness (QED) is 0.620. The van der Waals surface area contributed by atoms with Crippen LogP contribution in [0.3, 0.4) is 0 Å². The molecule has 154 valence electrons. The zero-order valence-corrected chi connectivity index (χ0v) is 17.2. The largest absolute Gasteiger partial charge is 0.497 e. The third kappa shape index (κ3) is 5.38. The van der Waals surface area contributed by atoms with Gasteiger partial charge in [-0.3, -0.25) is 4.79 Å². The van der Waals surface area contributed by atoms with Gasteiger partial charge < -0.3 is 14.4 Å². The number of ether oxygens (including phenoxy) is 2. The normalized spacial score (nSPS) is 17.5. The highest BCUT2D eigenvalue weighted by atomic mass is 32.2. The van der Waals surface area contributed by atoms with Crippen LogP contribution in [0.25, 0.3) is 0 Å². The number of hydrogen-bond donors (Lipinski definition) is 0. The van der Waals surface area contributed by atoms with E-state index in [9.17, 15) is 13.2 Å². The minimum atomic E-state index is -3.12. The van der Waals surface area contributed by atoms with Gasteiger partial charge in [-0.1, -0.05) is 24.8 Å². The van der Waals surface area contributed by atoms with Gasteiger partial charge in [0.1, 0.15) is 18.1 Å². The summed E-state index contributed by atoms with van der Waals surface area (Å²) in [6.45, 7) is 4.33. The lowest BCUT2D eigenvalue weighted by Gasteiger charge is -2.28. The van der Waals surface area contributed by atoms with E-state index < -0.39 is 9.84 Å². The fourth-order valence-electron chi connectivity index (χ4n) is 3.33. The summed E-state index contributed by atoms with van der Waals surface area (Å²) in [5, 5.41) is 0. The van der Waals surface area contributed by atoms with Crippen molar-refractivity contribution in [1.82, 2.24) is 4.90 Å². The maximum atomic E-state index is 13.2. The van der Waals surface area contributed by atoms with Crippen molar-refractivity contribution < 1.29 is 22.7 Å². The molecule has 2 aromatic carbocycles. The first-order valence-electron chi connectivity index (χ1n) is 9.40. The van der Waals surface area contributed by atoms with Crippen LogP contribution < -0.4 is 9.47 Å². The molecule has 1 saturated heterocycles. The molecular weight excluding hydrogens is 390 g/mol. The van der Waals surface area contributed by atoms with Crippen LogP contribution in [-0.2, 0) is 16.4 Å². The highest BCUT2D eigenvalue weighted by Gasteiger charge is 2.35. The number of benzene rings is 2. The Hall–Kier alpha value is -2.80. The first kappa shape index (κ1) is 20.9. The molecule has 1 fully saturated rings. The molecule has 0 spiro atoms. The smallest absolute Gasteiger partial charge is 0.254 e. The van der Waals surface area contributed by atoms with E-state index in [1.54, 1.807) is 42.4 Å². The van der Waals surface area contributed by atoms with Crippen molar-refractivity contribution >= 4 is 15.7 Å². The van der Waals surface area contributed by atoms with Crippen LogP contribution in [-0.4, -0.2) is 50.5 Å². The highest BCUT2D eigenvalue weighted by Crippen LogP contribution is 2.24. The lowest BCUT2D eigenvalue weighted by atomic mass is 10.1. The summed E-state index contributed by atoms with van der Waals surface area (Å²) in [4.78, 5) is 14.9. The maximum Gasteiger partial charge on any atom is 0.254 e. The van der Waals surface area contributed by atoms with Gasteiger partial charge in [-0.2, -0.15) is 0 Å². The van der Waals surface area contributed by atoms with E-state index in [4.69, 9.17) is 9.47 Å². The molecule has 1 atom stereocenters. The van der Waals surface area contributed by atoms with E-state index in [2.05, 4.69) is 6.58 Å². The Morgan fingerprint density at radius 1 is 1.14 bits per heavy atom. The van der Waals surface area contributed by atoms with E-state index in [0.29, 0.717) is 30.9 Å². The topological polar surface area (TPSA) is 72.9 Å². The second-order valence-electron chi connectivity index (χ2n) is 6.96. The van der Waals surface area contributed by atoms with Crippen molar-refractivity contribution in [1.29, 1.82) is 0 Å². The first-order valence-corrected chi connectivity index (χ1v) is 11.2. The summed E-state index contributed by atoms with van der Waals surface area (Å²) in [5.41, 5.74) is 1.41. The van der Waals surface area contributed by atoms with E-state index in [1.807, 2.05) is 24.3 Å². The Morgan fingerprint density at radius 2 is 1.79 bits per heavy atom. The molecular formula is C22H25NO5S. The van der Waals surface area contributed by atoms with Crippen molar-refractivity contribution in [2.24, 2.45) is 0 Å². The number of methoxy groups -OCH3 is 1. The van der Waals surface area contributed by atoms with Crippen molar-refractivity contribution in [3.63, 3.8) is 0 Å². The molecule has 0 unspecified atom stereocenters. The summed E-state index contributed by atoms with van der Waals surface area (Å²) in [5.74, 6) is 1.28. The molecule has 29 heavy (non-hydrogen) atoms. The summed E-state index contributed by atoms with van der Waals surface area (Å²) in [7, 11) is -1.53. The van der Waals surface area contributed by atoms with Crippen molar-refractivity contribution in [2.45, 2.75) is 19.0 Å². The van der Waals surface area contributed by atoms with Crippen LogP contribution in [0.1, 0.15) is 22.3 Å². The molecule has 1 amide bonds. The predicted octanol–water partition coefficient (Wildman–Crippen LogP) is 3.09. The van der Waals surface area contributed by atoms with Gasteiger partial charge in [-0.05, 0) is 48.4 Å². The molecule has 0 saturated carbocycles. The van der Waals surface area contributed by atoms with Crippen LogP contribution in [0.2, 0.25) is 0 Å². The average Bonchev–Trinajstić information content (AvgIpc) is 3.10. The van der Waals surface area contributed by atoms with Crippen LogP contribution in [0, 0.1) is 0 Å². The molecule has 0 N–H and O–H groups in total. The van der Waals surface area contributed by atoms with E-state index in [0.717, 1.165) is 11.3 Å². The number of amides is 1. The van der Waals surface area contributed by atoms with Crippen LogP contribution in [0.5, 0.6) is 11.5 Å². The van der Waals surface area contributed by atoms with Crippen molar-refractivity contribution in [3.05, 3.63) is 72.3 Å². The molecule has 0 bridgehead atoms. The molecule has 1 heterocycles. The monoisotopic (exact) mass is 415 g/mol. The minimum Gasteiger partial charge on any atom is -0.497 e. The third-order valence-electron chi connectivity index (χ3n) is 4.89. The number of hydrogen-bond acceptors (Lipinski definition) is 5.